The normalized spacial score (nSPS) is 19.0. The number of carbonyl (C=O) groups excluding carboxylic acids is 1. The highest BCUT2D eigenvalue weighted by Crippen LogP contribution is 2.30. The maximum atomic E-state index is 14.6. The summed E-state index contributed by atoms with van der Waals surface area (Å²) >= 11 is 12.5. The van der Waals surface area contributed by atoms with Crippen LogP contribution in [0.2, 0.25) is 10.0 Å². The molecule has 4 atom stereocenters. The predicted octanol–water partition coefficient (Wildman–Crippen LogP) is 6.21. The van der Waals surface area contributed by atoms with E-state index in [-0.39, 0.29) is 17.9 Å². The van der Waals surface area contributed by atoms with Crippen LogP contribution in [0.5, 0.6) is 0 Å². The second-order valence-electron chi connectivity index (χ2n) is 15.1. The number of nitrogens with one attached hydrogen (secondary N) is 4. The number of halogens is 2. The number of hydrogen-bond acceptors (Lipinski definition) is 13. The van der Waals surface area contributed by atoms with Gasteiger partial charge in [-0.15, -0.1) is 0 Å². The van der Waals surface area contributed by atoms with Crippen LogP contribution in [-0.2, 0) is 14.3 Å². The van der Waals surface area contributed by atoms with E-state index >= 15 is 0 Å². The van der Waals surface area contributed by atoms with Crippen molar-refractivity contribution in [2.45, 2.75) is 37.8 Å². The van der Waals surface area contributed by atoms with Gasteiger partial charge in [0.2, 0.25) is 0 Å². The van der Waals surface area contributed by atoms with Gasteiger partial charge >= 0.3 is 0 Å². The summed E-state index contributed by atoms with van der Waals surface area (Å²) in [5.41, 5.74) is 3.14. The zero-order valence-electron chi connectivity index (χ0n) is 32.6. The largest absolute Gasteiger partial charge is 0.383 e. The number of aromatic amines is 2. The van der Waals surface area contributed by atoms with E-state index in [4.69, 9.17) is 42.6 Å². The fourth-order valence-corrected chi connectivity index (χ4v) is 8.68. The number of likely N-dealkylation sites (tertiary alicyclic amines) is 2. The number of rotatable bonds is 16. The number of aromatic nitrogens is 8. The Labute approximate surface area is 346 Å². The molecule has 2 aliphatic heterocycles. The van der Waals surface area contributed by atoms with Gasteiger partial charge in [0.25, 0.3) is 0 Å². The number of carbonyl (C=O) groups is 1. The Hall–Kier alpha value is -4.77. The molecule has 2 fully saturated rings. The number of ketones is 1. The third-order valence-corrected chi connectivity index (χ3v) is 11.6. The van der Waals surface area contributed by atoms with E-state index in [0.29, 0.717) is 59.8 Å². The monoisotopic (exact) mass is 826 g/mol. The molecule has 0 saturated carbocycles. The van der Waals surface area contributed by atoms with Crippen LogP contribution in [0.25, 0.3) is 44.8 Å². The lowest BCUT2D eigenvalue weighted by molar-refractivity contribution is -0.135. The summed E-state index contributed by atoms with van der Waals surface area (Å²) in [6, 6.07) is 6.73. The first-order valence-electron chi connectivity index (χ1n) is 19.8. The zero-order chi connectivity index (χ0) is 40.0. The molecule has 304 valence electrons. The van der Waals surface area contributed by atoms with Gasteiger partial charge in [-0.1, -0.05) is 23.2 Å². The molecular formula is C41H48Cl2N12O3. The van der Waals surface area contributed by atoms with E-state index in [1.54, 1.807) is 39.0 Å². The molecule has 6 aromatic heterocycles. The molecule has 58 heavy (non-hydrogen) atoms. The third kappa shape index (κ3) is 9.09. The number of methoxy groups -OCH3 is 2. The lowest BCUT2D eigenvalue weighted by Crippen LogP contribution is -2.58. The molecule has 6 aromatic rings. The van der Waals surface area contributed by atoms with Gasteiger partial charge in [0.15, 0.2) is 17.4 Å². The van der Waals surface area contributed by atoms with E-state index in [1.165, 1.54) is 0 Å². The summed E-state index contributed by atoms with van der Waals surface area (Å²) in [5.74, 6) is 3.43. The van der Waals surface area contributed by atoms with E-state index < -0.39 is 0 Å². The fraction of sp³-hybridized carbons (Fsp3) is 0.439. The van der Waals surface area contributed by atoms with Gasteiger partial charge in [0.1, 0.15) is 22.9 Å². The summed E-state index contributed by atoms with van der Waals surface area (Å²) in [5, 5.41) is 9.93. The van der Waals surface area contributed by atoms with Gasteiger partial charge < -0.3 is 30.1 Å². The Balaban J connectivity index is 0.889. The van der Waals surface area contributed by atoms with Crippen LogP contribution in [0.3, 0.4) is 0 Å². The quantitative estimate of drug-likeness (QED) is 0.0869. The first-order valence-corrected chi connectivity index (χ1v) is 20.5. The summed E-state index contributed by atoms with van der Waals surface area (Å²) in [7, 11) is 3.34. The molecule has 15 nitrogen and oxygen atoms in total. The summed E-state index contributed by atoms with van der Waals surface area (Å²) in [4.78, 5) is 53.0. The minimum absolute atomic E-state index is 0.147. The van der Waals surface area contributed by atoms with Crippen molar-refractivity contribution in [2.75, 3.05) is 77.3 Å². The SMILES string of the molecule is COC[C@H](C(=O)[C@@H](COC)N1CCCC(CNc2ccnc(-c3c[nH]c4ncc(Cl)cc34)n2)C1)N1CCCC(CNc2ccnc(-c3c[nH]c4ncc(Cl)cc34)n2)C1. The number of nitrogens with zero attached hydrogens (tertiary/aromatic N) is 8. The molecular weight excluding hydrogens is 779 g/mol. The third-order valence-electron chi connectivity index (χ3n) is 11.2. The van der Waals surface area contributed by atoms with Gasteiger partial charge in [-0.3, -0.25) is 14.6 Å². The minimum atomic E-state index is -0.381. The first kappa shape index (κ1) is 40.0. The minimum Gasteiger partial charge on any atom is -0.383 e. The molecule has 0 aliphatic carbocycles. The van der Waals surface area contributed by atoms with Crippen LogP contribution in [0, 0.1) is 11.8 Å². The van der Waals surface area contributed by atoms with E-state index in [0.717, 1.165) is 96.7 Å². The van der Waals surface area contributed by atoms with Crippen molar-refractivity contribution < 1.29 is 14.3 Å². The van der Waals surface area contributed by atoms with Crippen LogP contribution in [0.15, 0.2) is 61.4 Å². The lowest BCUT2D eigenvalue weighted by atomic mass is 9.92. The Morgan fingerprint density at radius 2 is 1.22 bits per heavy atom. The molecule has 0 radical (unpaired) electrons. The van der Waals surface area contributed by atoms with E-state index in [1.807, 2.05) is 36.7 Å². The standard InChI is InChI=1S/C41H48Cl2N12O3/c1-57-23-33(54-11-3-5-25(21-54)15-46-35-7-9-44-40(52-35)31-19-50-38-29(31)13-27(42)17-48-38)37(56)34(24-58-2)55-12-4-6-26(22-55)16-47-36-8-10-45-41(53-36)32-20-51-39-30(32)14-28(43)18-49-39/h7-10,13-14,17-20,25-26,33-34H,3-6,11-12,15-16,21-24H2,1-2H3,(H,48,50)(H,49,51)(H,44,46,52)(H,45,47,53)/t25?,26?,33-,34-/m1/s1. The molecule has 0 spiro atoms. The number of fused-ring (bicyclic) bond motifs is 2. The molecule has 8 heterocycles. The molecule has 8 rings (SSSR count). The van der Waals surface area contributed by atoms with Crippen LogP contribution in [0.1, 0.15) is 25.7 Å². The van der Waals surface area contributed by atoms with E-state index in [2.05, 4.69) is 50.3 Å². The highest BCUT2D eigenvalue weighted by Gasteiger charge is 2.38. The first-order chi connectivity index (χ1) is 28.4. The molecule has 0 bridgehead atoms. The van der Waals surface area contributed by atoms with Crippen molar-refractivity contribution in [1.29, 1.82) is 0 Å². The van der Waals surface area contributed by atoms with Crippen molar-refractivity contribution in [3.8, 4) is 22.8 Å². The smallest absolute Gasteiger partial charge is 0.171 e. The molecule has 17 heteroatoms. The zero-order valence-corrected chi connectivity index (χ0v) is 34.1. The van der Waals surface area contributed by atoms with Crippen LogP contribution < -0.4 is 10.6 Å². The predicted molar refractivity (Wildman–Crippen MR) is 226 cm³/mol. The Morgan fingerprint density at radius 1 is 0.759 bits per heavy atom. The van der Waals surface area contributed by atoms with Crippen molar-refractivity contribution in [2.24, 2.45) is 11.8 Å². The second-order valence-corrected chi connectivity index (χ2v) is 16.0. The number of hydrogen-bond donors (Lipinski definition) is 4. The van der Waals surface area contributed by atoms with Gasteiger partial charge in [-0.05, 0) is 74.9 Å². The summed E-state index contributed by atoms with van der Waals surface area (Å²) in [6.07, 6.45) is 14.5. The Bertz CT molecular complexity index is 2180. The maximum Gasteiger partial charge on any atom is 0.171 e. The van der Waals surface area contributed by atoms with E-state index in [9.17, 15) is 4.79 Å². The molecule has 2 saturated heterocycles. The average Bonchev–Trinajstić information content (AvgIpc) is 3.87. The van der Waals surface area contributed by atoms with Gasteiger partial charge in [-0.25, -0.2) is 29.9 Å². The van der Waals surface area contributed by atoms with Gasteiger partial charge in [0, 0.05) is 99.5 Å². The highest BCUT2D eigenvalue weighted by molar-refractivity contribution is 6.31. The highest BCUT2D eigenvalue weighted by atomic mass is 35.5. The van der Waals surface area contributed by atoms with Crippen LogP contribution >= 0.6 is 23.2 Å². The molecule has 0 aromatic carbocycles. The van der Waals surface area contributed by atoms with Crippen LogP contribution in [0.4, 0.5) is 11.6 Å². The molecule has 0 amide bonds. The van der Waals surface area contributed by atoms with Crippen molar-refractivity contribution >= 4 is 62.7 Å². The van der Waals surface area contributed by atoms with Gasteiger partial charge in [-0.2, -0.15) is 0 Å². The lowest BCUT2D eigenvalue weighted by Gasteiger charge is -2.42. The average molecular weight is 828 g/mol. The molecule has 2 unspecified atom stereocenters. The summed E-state index contributed by atoms with van der Waals surface area (Å²) < 4.78 is 11.4. The topological polar surface area (TPSA) is 175 Å². The van der Waals surface area contributed by atoms with Crippen LogP contribution in [-0.4, -0.2) is 134 Å². The number of ether oxygens (including phenoxy) is 2. The Kier molecular flexibility index (Phi) is 12.7. The fourth-order valence-electron chi connectivity index (χ4n) is 8.36. The van der Waals surface area contributed by atoms with Gasteiger partial charge in [0.05, 0.1) is 35.3 Å². The van der Waals surface area contributed by atoms with Crippen molar-refractivity contribution in [3.05, 3.63) is 71.5 Å². The summed E-state index contributed by atoms with van der Waals surface area (Å²) in [6.45, 7) is 5.29. The van der Waals surface area contributed by atoms with Crippen molar-refractivity contribution in [1.82, 2.24) is 49.7 Å². The molecule has 2 aliphatic rings. The number of pyridine rings is 2. The number of Topliss-reactive ketones (excluding diaryl/α,β-unsaturated/α-hetero) is 1. The second kappa shape index (κ2) is 18.4. The number of H-pyrrole nitrogens is 2. The Morgan fingerprint density at radius 3 is 1.67 bits per heavy atom. The molecule has 4 N–H and O–H groups in total. The van der Waals surface area contributed by atoms with Crippen molar-refractivity contribution in [3.63, 3.8) is 0 Å². The number of anilines is 2. The number of piperidine rings is 2. The maximum absolute atomic E-state index is 14.6.